The second-order valence-corrected chi connectivity index (χ2v) is 10.5. The normalized spacial score (nSPS) is 14.6. The van der Waals surface area contributed by atoms with E-state index < -0.39 is 60.2 Å². The fourth-order valence-corrected chi connectivity index (χ4v) is 4.53. The lowest BCUT2D eigenvalue weighted by Crippen LogP contribution is -2.58. The van der Waals surface area contributed by atoms with Gasteiger partial charge in [-0.1, -0.05) is 50.6 Å². The van der Waals surface area contributed by atoms with Gasteiger partial charge in [0.15, 0.2) is 0 Å². The number of fused-ring (bicyclic) bond motifs is 1. The summed E-state index contributed by atoms with van der Waals surface area (Å²) < 4.78 is 0. The van der Waals surface area contributed by atoms with Crippen molar-refractivity contribution in [3.8, 4) is 5.75 Å². The predicted molar refractivity (Wildman–Crippen MR) is 158 cm³/mol. The minimum atomic E-state index is -1.43. The number of carboxylic acid groups (broad SMARTS) is 1. The molecular formula is C30H38N6O7. The van der Waals surface area contributed by atoms with Gasteiger partial charge in [0, 0.05) is 29.9 Å². The van der Waals surface area contributed by atoms with Crippen LogP contribution < -0.4 is 27.4 Å². The highest BCUT2D eigenvalue weighted by atomic mass is 16.4. The van der Waals surface area contributed by atoms with Gasteiger partial charge < -0.3 is 42.6 Å². The fraction of sp³-hybridized carbons (Fsp3) is 0.367. The number of carbonyl (C=O) groups is 5. The number of carbonyl (C=O) groups excluding carboxylic acids is 4. The van der Waals surface area contributed by atoms with Crippen LogP contribution in [0.2, 0.25) is 0 Å². The third-order valence-corrected chi connectivity index (χ3v) is 7.32. The molecule has 0 radical (unpaired) electrons. The van der Waals surface area contributed by atoms with Crippen LogP contribution >= 0.6 is 0 Å². The second kappa shape index (κ2) is 14.8. The average molecular weight is 595 g/mol. The van der Waals surface area contributed by atoms with Crippen LogP contribution in [0.1, 0.15) is 37.8 Å². The maximum absolute atomic E-state index is 13.6. The highest BCUT2D eigenvalue weighted by Gasteiger charge is 2.32. The number of amides is 4. The van der Waals surface area contributed by atoms with E-state index in [1.54, 1.807) is 13.1 Å². The summed E-state index contributed by atoms with van der Waals surface area (Å²) >= 11 is 0. The first-order valence-corrected chi connectivity index (χ1v) is 13.9. The number of carboxylic acids is 1. The molecule has 1 heterocycles. The Bertz CT molecular complexity index is 1450. The molecule has 0 saturated heterocycles. The first-order chi connectivity index (χ1) is 20.4. The molecule has 2 aromatic carbocycles. The highest BCUT2D eigenvalue weighted by Crippen LogP contribution is 2.20. The highest BCUT2D eigenvalue weighted by molar-refractivity contribution is 5.96. The summed E-state index contributed by atoms with van der Waals surface area (Å²) in [6, 6.07) is 8.12. The van der Waals surface area contributed by atoms with Gasteiger partial charge in [0.1, 0.15) is 23.9 Å². The molecule has 0 spiro atoms. The lowest BCUT2D eigenvalue weighted by molar-refractivity contribution is -0.142. The number of nitrogens with one attached hydrogen (secondary N) is 4. The lowest BCUT2D eigenvalue weighted by atomic mass is 9.98. The number of primary amides is 1. The minimum absolute atomic E-state index is 0.00359. The van der Waals surface area contributed by atoms with Crippen molar-refractivity contribution < 1.29 is 34.2 Å². The fourth-order valence-electron chi connectivity index (χ4n) is 4.53. The van der Waals surface area contributed by atoms with E-state index in [-0.39, 0.29) is 24.5 Å². The maximum atomic E-state index is 13.6. The Hall–Kier alpha value is -4.91. The Morgan fingerprint density at radius 3 is 2.09 bits per heavy atom. The van der Waals surface area contributed by atoms with Gasteiger partial charge in [-0.15, -0.1) is 0 Å². The monoisotopic (exact) mass is 594 g/mol. The van der Waals surface area contributed by atoms with Gasteiger partial charge in [-0.2, -0.15) is 0 Å². The molecule has 3 rings (SSSR count). The molecule has 4 amide bonds. The SMILES string of the molecule is CCC(C)C(N)C(=O)NC(CC(N)=O)C(=O)NC(Cc1c[nH]c2ccccc12)C(=O)NC(Cc1ccc(O)cc1)C(=O)O. The van der Waals surface area contributed by atoms with Gasteiger partial charge in [0.25, 0.3) is 0 Å². The number of rotatable bonds is 15. The molecule has 5 unspecified atom stereocenters. The van der Waals surface area contributed by atoms with Gasteiger partial charge in [-0.3, -0.25) is 19.2 Å². The van der Waals surface area contributed by atoms with Gasteiger partial charge in [0.05, 0.1) is 12.5 Å². The van der Waals surface area contributed by atoms with Gasteiger partial charge in [-0.05, 0) is 35.2 Å². The van der Waals surface area contributed by atoms with E-state index in [0.717, 1.165) is 10.9 Å². The average Bonchev–Trinajstić information content (AvgIpc) is 3.38. The molecule has 10 N–H and O–H groups in total. The molecule has 13 nitrogen and oxygen atoms in total. The van der Waals surface area contributed by atoms with E-state index in [4.69, 9.17) is 11.5 Å². The molecule has 0 bridgehead atoms. The Labute approximate surface area is 248 Å². The molecule has 230 valence electrons. The number of aromatic nitrogens is 1. The summed E-state index contributed by atoms with van der Waals surface area (Å²) in [6.07, 6.45) is 1.59. The summed E-state index contributed by atoms with van der Waals surface area (Å²) in [4.78, 5) is 66.7. The number of hydrogen-bond donors (Lipinski definition) is 8. The number of H-pyrrole nitrogens is 1. The number of benzene rings is 2. The van der Waals surface area contributed by atoms with E-state index in [9.17, 15) is 34.2 Å². The molecule has 0 aliphatic carbocycles. The molecule has 13 heteroatoms. The van der Waals surface area contributed by atoms with Gasteiger partial charge in [-0.25, -0.2) is 4.79 Å². The van der Waals surface area contributed by atoms with E-state index >= 15 is 0 Å². The van der Waals surface area contributed by atoms with Crippen molar-refractivity contribution in [3.05, 3.63) is 65.9 Å². The number of aliphatic carboxylic acids is 1. The van der Waals surface area contributed by atoms with Gasteiger partial charge >= 0.3 is 5.97 Å². The quantitative estimate of drug-likeness (QED) is 0.123. The molecule has 5 atom stereocenters. The molecule has 43 heavy (non-hydrogen) atoms. The van der Waals surface area contributed by atoms with E-state index in [1.165, 1.54) is 24.3 Å². The van der Waals surface area contributed by atoms with Crippen molar-refractivity contribution in [1.82, 2.24) is 20.9 Å². The molecule has 0 aliphatic rings. The number of aromatic hydroxyl groups is 1. The summed E-state index contributed by atoms with van der Waals surface area (Å²) in [7, 11) is 0. The summed E-state index contributed by atoms with van der Waals surface area (Å²) in [5.41, 5.74) is 13.3. The van der Waals surface area contributed by atoms with Crippen LogP contribution in [0.25, 0.3) is 10.9 Å². The first kappa shape index (κ1) is 32.6. The molecule has 0 saturated carbocycles. The van der Waals surface area contributed by atoms with Crippen molar-refractivity contribution in [3.63, 3.8) is 0 Å². The van der Waals surface area contributed by atoms with E-state index in [1.807, 2.05) is 31.2 Å². The van der Waals surface area contributed by atoms with Gasteiger partial charge in [0.2, 0.25) is 23.6 Å². The second-order valence-electron chi connectivity index (χ2n) is 10.5. The molecule has 3 aromatic rings. The Kier molecular flexibility index (Phi) is 11.2. The molecule has 0 fully saturated rings. The number of phenolic OH excluding ortho intramolecular Hbond substituents is 1. The van der Waals surface area contributed by atoms with E-state index in [0.29, 0.717) is 17.5 Å². The number of para-hydroxylation sites is 1. The minimum Gasteiger partial charge on any atom is -0.508 e. The number of nitrogens with two attached hydrogens (primary N) is 2. The summed E-state index contributed by atoms with van der Waals surface area (Å²) in [5.74, 6) is -4.71. The largest absolute Gasteiger partial charge is 0.508 e. The zero-order valence-electron chi connectivity index (χ0n) is 24.0. The van der Waals surface area contributed by atoms with Crippen LogP contribution in [-0.4, -0.2) is 69.0 Å². The van der Waals surface area contributed by atoms with Crippen LogP contribution in [0.15, 0.2) is 54.7 Å². The molecule has 0 aliphatic heterocycles. The third kappa shape index (κ3) is 9.04. The zero-order chi connectivity index (χ0) is 31.7. The molecule has 1 aromatic heterocycles. The lowest BCUT2D eigenvalue weighted by Gasteiger charge is -2.25. The van der Waals surface area contributed by atoms with Crippen LogP contribution in [0.5, 0.6) is 5.75 Å². The van der Waals surface area contributed by atoms with Crippen LogP contribution in [0.4, 0.5) is 0 Å². The van der Waals surface area contributed by atoms with Crippen molar-refractivity contribution in [2.75, 3.05) is 0 Å². The number of phenols is 1. The topological polar surface area (TPSA) is 230 Å². The maximum Gasteiger partial charge on any atom is 0.326 e. The zero-order valence-corrected chi connectivity index (χ0v) is 24.0. The van der Waals surface area contributed by atoms with E-state index in [2.05, 4.69) is 20.9 Å². The smallest absolute Gasteiger partial charge is 0.326 e. The number of aromatic amines is 1. The standard InChI is InChI=1S/C30H38N6O7/c1-3-16(2)26(32)29(41)35-23(14-25(31)38)28(40)34-22(13-18-15-33-21-7-5-4-6-20(18)21)27(39)36-24(30(42)43)12-17-8-10-19(37)11-9-17/h4-11,15-16,22-24,26,33,37H,3,12-14,32H2,1-2H3,(H2,31,38)(H,34,40)(H,35,41)(H,36,39)(H,42,43). The van der Waals surface area contributed by atoms with Crippen LogP contribution in [-0.2, 0) is 36.8 Å². The summed E-state index contributed by atoms with van der Waals surface area (Å²) in [6.45, 7) is 3.62. The van der Waals surface area contributed by atoms with Crippen molar-refractivity contribution in [1.29, 1.82) is 0 Å². The Morgan fingerprint density at radius 1 is 0.860 bits per heavy atom. The summed E-state index contributed by atoms with van der Waals surface area (Å²) in [5, 5.41) is 27.7. The van der Waals surface area contributed by atoms with Crippen molar-refractivity contribution in [2.24, 2.45) is 17.4 Å². The number of hydrogen-bond acceptors (Lipinski definition) is 7. The van der Waals surface area contributed by atoms with Crippen LogP contribution in [0, 0.1) is 5.92 Å². The van der Waals surface area contributed by atoms with Crippen molar-refractivity contribution in [2.45, 2.75) is 63.7 Å². The van der Waals surface area contributed by atoms with Crippen molar-refractivity contribution >= 4 is 40.5 Å². The van der Waals surface area contributed by atoms with Crippen LogP contribution in [0.3, 0.4) is 0 Å². The molecular weight excluding hydrogens is 556 g/mol. The first-order valence-electron chi connectivity index (χ1n) is 13.9. The third-order valence-electron chi connectivity index (χ3n) is 7.32. The predicted octanol–water partition coefficient (Wildman–Crippen LogP) is 0.447. The Balaban J connectivity index is 1.87. The Morgan fingerprint density at radius 2 is 1.47 bits per heavy atom.